The zero-order chi connectivity index (χ0) is 13.9. The number of anilines is 2. The third-order valence-corrected chi connectivity index (χ3v) is 3.04. The van der Waals surface area contributed by atoms with Crippen molar-refractivity contribution in [3.05, 3.63) is 23.5 Å². The molecule has 0 heterocycles. The Hall–Kier alpha value is -1.29. The lowest BCUT2D eigenvalue weighted by atomic mass is 10.0. The normalized spacial score (nSPS) is 13.1. The molecule has 0 radical (unpaired) electrons. The molecule has 0 fully saturated rings. The quantitative estimate of drug-likeness (QED) is 0.793. The predicted octanol–water partition coefficient (Wildman–Crippen LogP) is 2.71. The molecule has 0 aliphatic carbocycles. The van der Waals surface area contributed by atoms with Gasteiger partial charge >= 0.3 is 0 Å². The third-order valence-electron chi connectivity index (χ3n) is 3.04. The number of nitrogen functional groups attached to an aromatic ring is 1. The molecule has 1 aromatic carbocycles. The van der Waals surface area contributed by atoms with Crippen molar-refractivity contribution in [2.24, 2.45) is 5.92 Å². The number of likely N-dealkylation sites (N-methyl/N-ethyl adjacent to an activating group) is 1. The standard InChI is InChI=1S/C14H24FN3/c1-9(2)14(8-18(4)5)17-13-6-10(3)11(15)7-12(13)16/h6-7,9,14,17H,8,16H2,1-5H3. The largest absolute Gasteiger partial charge is 0.397 e. The zero-order valence-corrected chi connectivity index (χ0v) is 11.9. The van der Waals surface area contributed by atoms with E-state index in [2.05, 4.69) is 24.1 Å². The molecule has 0 spiro atoms. The molecule has 102 valence electrons. The summed E-state index contributed by atoms with van der Waals surface area (Å²) >= 11 is 0. The smallest absolute Gasteiger partial charge is 0.128 e. The summed E-state index contributed by atoms with van der Waals surface area (Å²) in [6.07, 6.45) is 0. The minimum Gasteiger partial charge on any atom is -0.397 e. The summed E-state index contributed by atoms with van der Waals surface area (Å²) < 4.78 is 13.3. The number of benzene rings is 1. The summed E-state index contributed by atoms with van der Waals surface area (Å²) in [7, 11) is 4.08. The highest BCUT2D eigenvalue weighted by molar-refractivity contribution is 5.67. The van der Waals surface area contributed by atoms with E-state index in [0.717, 1.165) is 12.2 Å². The van der Waals surface area contributed by atoms with Crippen molar-refractivity contribution >= 4 is 11.4 Å². The van der Waals surface area contributed by atoms with Crippen LogP contribution >= 0.6 is 0 Å². The molecular formula is C14H24FN3. The van der Waals surface area contributed by atoms with Crippen LogP contribution in [-0.4, -0.2) is 31.6 Å². The Morgan fingerprint density at radius 1 is 1.33 bits per heavy atom. The summed E-state index contributed by atoms with van der Waals surface area (Å²) in [6, 6.07) is 3.44. The SMILES string of the molecule is Cc1cc(NC(CN(C)C)C(C)C)c(N)cc1F. The number of hydrogen-bond acceptors (Lipinski definition) is 3. The van der Waals surface area contributed by atoms with Gasteiger partial charge in [0.25, 0.3) is 0 Å². The van der Waals surface area contributed by atoms with Crippen LogP contribution in [0.2, 0.25) is 0 Å². The van der Waals surface area contributed by atoms with E-state index in [0.29, 0.717) is 17.2 Å². The Morgan fingerprint density at radius 2 is 1.94 bits per heavy atom. The van der Waals surface area contributed by atoms with Gasteiger partial charge < -0.3 is 16.0 Å². The van der Waals surface area contributed by atoms with Gasteiger partial charge in [-0.3, -0.25) is 0 Å². The molecule has 0 amide bonds. The lowest BCUT2D eigenvalue weighted by molar-refractivity contribution is 0.344. The van der Waals surface area contributed by atoms with Crippen molar-refractivity contribution in [2.45, 2.75) is 26.8 Å². The van der Waals surface area contributed by atoms with E-state index in [9.17, 15) is 4.39 Å². The van der Waals surface area contributed by atoms with E-state index in [1.165, 1.54) is 6.07 Å². The van der Waals surface area contributed by atoms with Crippen molar-refractivity contribution in [1.29, 1.82) is 0 Å². The van der Waals surface area contributed by atoms with Gasteiger partial charge in [-0.25, -0.2) is 4.39 Å². The van der Waals surface area contributed by atoms with Gasteiger partial charge in [-0.15, -0.1) is 0 Å². The average molecular weight is 253 g/mol. The van der Waals surface area contributed by atoms with Gasteiger partial charge in [0.1, 0.15) is 5.82 Å². The second-order valence-corrected chi connectivity index (χ2v) is 5.45. The monoisotopic (exact) mass is 253 g/mol. The van der Waals surface area contributed by atoms with Crippen LogP contribution in [0.25, 0.3) is 0 Å². The van der Waals surface area contributed by atoms with Crippen LogP contribution in [0.3, 0.4) is 0 Å². The number of aryl methyl sites for hydroxylation is 1. The van der Waals surface area contributed by atoms with Crippen LogP contribution in [0.4, 0.5) is 15.8 Å². The van der Waals surface area contributed by atoms with Gasteiger partial charge in [-0.1, -0.05) is 13.8 Å². The topological polar surface area (TPSA) is 41.3 Å². The fraction of sp³-hybridized carbons (Fsp3) is 0.571. The number of nitrogens with zero attached hydrogens (tertiary/aromatic N) is 1. The molecule has 1 atom stereocenters. The zero-order valence-electron chi connectivity index (χ0n) is 11.9. The number of rotatable bonds is 5. The Bertz CT molecular complexity index is 402. The molecule has 3 N–H and O–H groups in total. The van der Waals surface area contributed by atoms with Crippen molar-refractivity contribution in [3.63, 3.8) is 0 Å². The van der Waals surface area contributed by atoms with Crippen LogP contribution in [0.5, 0.6) is 0 Å². The molecule has 1 aromatic rings. The lowest BCUT2D eigenvalue weighted by Crippen LogP contribution is -2.36. The minimum atomic E-state index is -0.258. The van der Waals surface area contributed by atoms with Crippen LogP contribution in [0.1, 0.15) is 19.4 Å². The summed E-state index contributed by atoms with van der Waals surface area (Å²) in [4.78, 5) is 2.13. The Labute approximate surface area is 109 Å². The van der Waals surface area contributed by atoms with E-state index in [4.69, 9.17) is 5.73 Å². The van der Waals surface area contributed by atoms with Gasteiger partial charge in [0.15, 0.2) is 0 Å². The highest BCUT2D eigenvalue weighted by atomic mass is 19.1. The number of hydrogen-bond donors (Lipinski definition) is 2. The fourth-order valence-corrected chi connectivity index (χ4v) is 1.84. The van der Waals surface area contributed by atoms with Crippen LogP contribution < -0.4 is 11.1 Å². The van der Waals surface area contributed by atoms with Crippen molar-refractivity contribution < 1.29 is 4.39 Å². The lowest BCUT2D eigenvalue weighted by Gasteiger charge is -2.27. The first-order chi connectivity index (χ1) is 8.31. The first-order valence-electron chi connectivity index (χ1n) is 6.28. The third kappa shape index (κ3) is 3.88. The van der Waals surface area contributed by atoms with Gasteiger partial charge in [-0.2, -0.15) is 0 Å². The average Bonchev–Trinajstić information content (AvgIpc) is 2.23. The maximum atomic E-state index is 13.3. The molecule has 0 bridgehead atoms. The first-order valence-corrected chi connectivity index (χ1v) is 6.28. The molecule has 4 heteroatoms. The maximum Gasteiger partial charge on any atom is 0.128 e. The Morgan fingerprint density at radius 3 is 2.44 bits per heavy atom. The van der Waals surface area contributed by atoms with Crippen LogP contribution in [0, 0.1) is 18.7 Å². The second kappa shape index (κ2) is 6.05. The van der Waals surface area contributed by atoms with Gasteiger partial charge in [0, 0.05) is 12.6 Å². The summed E-state index contributed by atoms with van der Waals surface area (Å²) in [6.45, 7) is 6.98. The molecular weight excluding hydrogens is 229 g/mol. The number of nitrogens with one attached hydrogen (secondary N) is 1. The number of halogens is 1. The summed E-state index contributed by atoms with van der Waals surface area (Å²) in [5.41, 5.74) is 7.74. The van der Waals surface area contributed by atoms with Gasteiger partial charge in [0.2, 0.25) is 0 Å². The van der Waals surface area contributed by atoms with Crippen molar-refractivity contribution in [3.8, 4) is 0 Å². The molecule has 3 nitrogen and oxygen atoms in total. The highest BCUT2D eigenvalue weighted by Crippen LogP contribution is 2.24. The van der Waals surface area contributed by atoms with E-state index < -0.39 is 0 Å². The minimum absolute atomic E-state index is 0.258. The molecule has 18 heavy (non-hydrogen) atoms. The molecule has 1 unspecified atom stereocenters. The van der Waals surface area contributed by atoms with E-state index >= 15 is 0 Å². The predicted molar refractivity (Wildman–Crippen MR) is 76.4 cm³/mol. The maximum absolute atomic E-state index is 13.3. The fourth-order valence-electron chi connectivity index (χ4n) is 1.84. The van der Waals surface area contributed by atoms with E-state index in [-0.39, 0.29) is 11.9 Å². The molecule has 0 aromatic heterocycles. The van der Waals surface area contributed by atoms with Crippen molar-refractivity contribution in [1.82, 2.24) is 4.90 Å². The molecule has 0 saturated heterocycles. The van der Waals surface area contributed by atoms with Crippen LogP contribution in [0.15, 0.2) is 12.1 Å². The van der Waals surface area contributed by atoms with E-state index in [1.807, 2.05) is 14.1 Å². The van der Waals surface area contributed by atoms with Crippen LogP contribution in [-0.2, 0) is 0 Å². The molecule has 1 rings (SSSR count). The molecule has 0 saturated carbocycles. The summed E-state index contributed by atoms with van der Waals surface area (Å²) in [5, 5.41) is 3.41. The summed E-state index contributed by atoms with van der Waals surface area (Å²) in [5.74, 6) is 0.212. The second-order valence-electron chi connectivity index (χ2n) is 5.45. The van der Waals surface area contributed by atoms with E-state index in [1.54, 1.807) is 13.0 Å². The van der Waals surface area contributed by atoms with Gasteiger partial charge in [-0.05, 0) is 44.6 Å². The van der Waals surface area contributed by atoms with Gasteiger partial charge in [0.05, 0.1) is 11.4 Å². The first kappa shape index (κ1) is 14.8. The Kier molecular flexibility index (Phi) is 4.96. The van der Waals surface area contributed by atoms with Crippen molar-refractivity contribution in [2.75, 3.05) is 31.7 Å². The molecule has 0 aliphatic heterocycles. The highest BCUT2D eigenvalue weighted by Gasteiger charge is 2.16. The molecule has 0 aliphatic rings. The Balaban J connectivity index is 2.90. The number of nitrogens with two attached hydrogens (primary N) is 1.